The minimum Gasteiger partial charge on any atom is -0.351 e. The molecule has 0 aromatic carbocycles. The first-order chi connectivity index (χ1) is 7.81. The van der Waals surface area contributed by atoms with E-state index in [0.717, 1.165) is 22.3 Å². The second-order valence-corrected chi connectivity index (χ2v) is 6.52. The van der Waals surface area contributed by atoms with E-state index < -0.39 is 0 Å². The van der Waals surface area contributed by atoms with Crippen molar-refractivity contribution in [1.82, 2.24) is 5.32 Å². The second kappa shape index (κ2) is 5.97. The van der Waals surface area contributed by atoms with Gasteiger partial charge in [0.25, 0.3) is 5.91 Å². The van der Waals surface area contributed by atoms with Crippen LogP contribution >= 0.6 is 45.3 Å². The quantitative estimate of drug-likeness (QED) is 0.486. The number of rotatable bonds is 5. The maximum atomic E-state index is 11.8. The van der Waals surface area contributed by atoms with Crippen molar-refractivity contribution in [3.05, 3.63) is 22.4 Å². The van der Waals surface area contributed by atoms with Gasteiger partial charge in [-0.15, -0.1) is 22.7 Å². The number of halogens is 1. The molecular weight excluding hydrogens is 353 g/mol. The fraction of sp³-hybridized carbons (Fsp3) is 0.364. The summed E-state index contributed by atoms with van der Waals surface area (Å²) in [6.45, 7) is 0.785. The molecule has 0 atom stereocenters. The summed E-state index contributed by atoms with van der Waals surface area (Å²) in [7, 11) is 0. The Balaban J connectivity index is 1.92. The minimum atomic E-state index is 0.0712. The van der Waals surface area contributed by atoms with E-state index in [1.807, 2.05) is 6.07 Å². The van der Waals surface area contributed by atoms with Crippen molar-refractivity contribution in [2.45, 2.75) is 12.8 Å². The molecule has 0 aliphatic rings. The van der Waals surface area contributed by atoms with Crippen molar-refractivity contribution in [3.8, 4) is 0 Å². The highest BCUT2D eigenvalue weighted by Crippen LogP contribution is 2.29. The molecule has 2 aromatic heterocycles. The van der Waals surface area contributed by atoms with Crippen LogP contribution in [0.3, 0.4) is 0 Å². The molecule has 0 radical (unpaired) electrons. The van der Waals surface area contributed by atoms with E-state index in [9.17, 15) is 4.79 Å². The van der Waals surface area contributed by atoms with Crippen LogP contribution < -0.4 is 5.32 Å². The molecule has 86 valence electrons. The van der Waals surface area contributed by atoms with Crippen molar-refractivity contribution in [2.75, 3.05) is 11.0 Å². The Hall–Kier alpha value is -0.140. The molecule has 0 unspecified atom stereocenters. The monoisotopic (exact) mass is 365 g/mol. The number of alkyl halides is 1. The lowest BCUT2D eigenvalue weighted by Crippen LogP contribution is -2.23. The third-order valence-corrected chi connectivity index (χ3v) is 5.06. The molecule has 0 saturated heterocycles. The fourth-order valence-corrected chi connectivity index (χ4v) is 3.95. The molecule has 1 amide bonds. The van der Waals surface area contributed by atoms with Gasteiger partial charge in [-0.05, 0) is 34.8 Å². The Labute approximate surface area is 116 Å². The average Bonchev–Trinajstić information content (AvgIpc) is 2.83. The largest absolute Gasteiger partial charge is 0.351 e. The van der Waals surface area contributed by atoms with Crippen LogP contribution in [0, 0.1) is 0 Å². The summed E-state index contributed by atoms with van der Waals surface area (Å²) in [4.78, 5) is 12.6. The van der Waals surface area contributed by atoms with Crippen LogP contribution in [0.5, 0.6) is 0 Å². The first-order valence-corrected chi connectivity index (χ1v) is 8.34. The van der Waals surface area contributed by atoms with Gasteiger partial charge < -0.3 is 5.32 Å². The first-order valence-electron chi connectivity index (χ1n) is 5.12. The van der Waals surface area contributed by atoms with E-state index in [4.69, 9.17) is 0 Å². The zero-order chi connectivity index (χ0) is 11.4. The molecule has 2 rings (SSSR count). The van der Waals surface area contributed by atoms with E-state index in [2.05, 4.69) is 39.4 Å². The molecule has 2 heterocycles. The van der Waals surface area contributed by atoms with Gasteiger partial charge in [0.2, 0.25) is 0 Å². The lowest BCUT2D eigenvalue weighted by atomic mass is 10.3. The van der Waals surface area contributed by atoms with Crippen LogP contribution in [0.2, 0.25) is 0 Å². The van der Waals surface area contributed by atoms with Gasteiger partial charge >= 0.3 is 0 Å². The predicted octanol–water partition coefficient (Wildman–Crippen LogP) is 3.91. The van der Waals surface area contributed by atoms with Crippen LogP contribution in [0.1, 0.15) is 22.5 Å². The van der Waals surface area contributed by atoms with E-state index in [1.54, 1.807) is 22.7 Å². The number of carbonyl (C=O) groups excluding carboxylic acids is 1. The SMILES string of the molecule is O=C(NCCCCI)c1cc2sccc2s1. The molecule has 0 bridgehead atoms. The Morgan fingerprint density at radius 1 is 1.38 bits per heavy atom. The standard InChI is InChI=1S/C11H12INOS2/c12-4-1-2-5-13-11(14)10-7-9-8(16-10)3-6-15-9/h3,6-7H,1-2,4-5H2,(H,13,14). The third kappa shape index (κ3) is 2.95. The zero-order valence-corrected chi connectivity index (χ0v) is 12.5. The summed E-state index contributed by atoms with van der Waals surface area (Å²) in [6, 6.07) is 4.05. The van der Waals surface area contributed by atoms with Crippen LogP contribution in [-0.4, -0.2) is 16.9 Å². The van der Waals surface area contributed by atoms with E-state index >= 15 is 0 Å². The van der Waals surface area contributed by atoms with Crippen LogP contribution in [0.15, 0.2) is 17.5 Å². The molecular formula is C11H12INOS2. The molecule has 2 nitrogen and oxygen atoms in total. The van der Waals surface area contributed by atoms with Gasteiger partial charge in [-0.3, -0.25) is 4.79 Å². The van der Waals surface area contributed by atoms with Gasteiger partial charge in [0, 0.05) is 15.9 Å². The Kier molecular flexibility index (Phi) is 4.60. The normalized spacial score (nSPS) is 10.8. The first kappa shape index (κ1) is 12.3. The van der Waals surface area contributed by atoms with E-state index in [0.29, 0.717) is 0 Å². The molecule has 0 saturated carbocycles. The van der Waals surface area contributed by atoms with Gasteiger partial charge in [-0.25, -0.2) is 0 Å². The molecule has 2 aromatic rings. The highest BCUT2D eigenvalue weighted by atomic mass is 127. The van der Waals surface area contributed by atoms with E-state index in [1.165, 1.54) is 15.8 Å². The Morgan fingerprint density at radius 3 is 3.00 bits per heavy atom. The smallest absolute Gasteiger partial charge is 0.261 e. The van der Waals surface area contributed by atoms with Gasteiger partial charge in [-0.1, -0.05) is 22.6 Å². The van der Waals surface area contributed by atoms with Crippen LogP contribution in [0.4, 0.5) is 0 Å². The van der Waals surface area contributed by atoms with Gasteiger partial charge in [0.05, 0.1) is 4.88 Å². The number of amides is 1. The molecule has 0 aliphatic heterocycles. The van der Waals surface area contributed by atoms with Crippen LogP contribution in [0.25, 0.3) is 9.40 Å². The number of fused-ring (bicyclic) bond motifs is 1. The Bertz CT molecular complexity index is 448. The number of unbranched alkanes of at least 4 members (excludes halogenated alkanes) is 1. The van der Waals surface area contributed by atoms with Crippen molar-refractivity contribution >= 4 is 60.6 Å². The van der Waals surface area contributed by atoms with Gasteiger partial charge in [0.1, 0.15) is 0 Å². The highest BCUT2D eigenvalue weighted by molar-refractivity contribution is 14.1. The summed E-state index contributed by atoms with van der Waals surface area (Å²) in [5.41, 5.74) is 0. The lowest BCUT2D eigenvalue weighted by Gasteiger charge is -2.01. The highest BCUT2D eigenvalue weighted by Gasteiger charge is 2.09. The maximum absolute atomic E-state index is 11.8. The van der Waals surface area contributed by atoms with Crippen molar-refractivity contribution in [2.24, 2.45) is 0 Å². The molecule has 5 heteroatoms. The summed E-state index contributed by atoms with van der Waals surface area (Å²) in [6.07, 6.45) is 2.23. The summed E-state index contributed by atoms with van der Waals surface area (Å²) >= 11 is 5.61. The summed E-state index contributed by atoms with van der Waals surface area (Å²) in [5, 5.41) is 5.02. The third-order valence-electron chi connectivity index (χ3n) is 2.21. The zero-order valence-electron chi connectivity index (χ0n) is 8.66. The number of hydrogen-bond acceptors (Lipinski definition) is 3. The summed E-state index contributed by atoms with van der Waals surface area (Å²) in [5.74, 6) is 0.0712. The van der Waals surface area contributed by atoms with E-state index in [-0.39, 0.29) is 5.91 Å². The minimum absolute atomic E-state index is 0.0712. The molecule has 16 heavy (non-hydrogen) atoms. The number of nitrogens with one attached hydrogen (secondary N) is 1. The number of carbonyl (C=O) groups is 1. The van der Waals surface area contributed by atoms with Gasteiger partial charge in [-0.2, -0.15) is 0 Å². The lowest BCUT2D eigenvalue weighted by molar-refractivity contribution is 0.0957. The van der Waals surface area contributed by atoms with Crippen LogP contribution in [-0.2, 0) is 0 Å². The Morgan fingerprint density at radius 2 is 2.25 bits per heavy atom. The van der Waals surface area contributed by atoms with Gasteiger partial charge in [0.15, 0.2) is 0 Å². The molecule has 0 fully saturated rings. The van der Waals surface area contributed by atoms with Crippen molar-refractivity contribution in [1.29, 1.82) is 0 Å². The number of hydrogen-bond donors (Lipinski definition) is 1. The summed E-state index contributed by atoms with van der Waals surface area (Å²) < 4.78 is 3.58. The predicted molar refractivity (Wildman–Crippen MR) is 80.2 cm³/mol. The second-order valence-electron chi connectivity index (χ2n) is 3.41. The average molecular weight is 365 g/mol. The molecule has 0 spiro atoms. The molecule has 0 aliphatic carbocycles. The fourth-order valence-electron chi connectivity index (χ4n) is 1.39. The molecule has 1 N–H and O–H groups in total. The van der Waals surface area contributed by atoms with Crippen molar-refractivity contribution < 1.29 is 4.79 Å². The van der Waals surface area contributed by atoms with Crippen molar-refractivity contribution in [3.63, 3.8) is 0 Å². The number of thiophene rings is 2. The maximum Gasteiger partial charge on any atom is 0.261 e. The topological polar surface area (TPSA) is 29.1 Å².